The van der Waals surface area contributed by atoms with E-state index in [4.69, 9.17) is 25.8 Å². The van der Waals surface area contributed by atoms with Gasteiger partial charge in [-0.1, -0.05) is 11.6 Å². The molecular weight excluding hydrogens is 332 g/mol. The Morgan fingerprint density at radius 3 is 2.42 bits per heavy atom. The molecule has 0 saturated carbocycles. The molecular formula is C17H19ClN2O4. The van der Waals surface area contributed by atoms with E-state index in [9.17, 15) is 4.79 Å². The van der Waals surface area contributed by atoms with Crippen molar-refractivity contribution in [1.82, 2.24) is 9.88 Å². The molecule has 2 rings (SSSR count). The van der Waals surface area contributed by atoms with Gasteiger partial charge in [-0.05, 0) is 24.3 Å². The van der Waals surface area contributed by atoms with E-state index >= 15 is 0 Å². The van der Waals surface area contributed by atoms with E-state index in [1.165, 1.54) is 18.2 Å². The number of amides is 1. The highest BCUT2D eigenvalue weighted by Gasteiger charge is 2.20. The van der Waals surface area contributed by atoms with Crippen LogP contribution in [-0.4, -0.2) is 44.2 Å². The van der Waals surface area contributed by atoms with Crippen LogP contribution < -0.4 is 14.2 Å². The van der Waals surface area contributed by atoms with Crippen molar-refractivity contribution in [3.05, 3.63) is 46.7 Å². The first-order valence-corrected chi connectivity index (χ1v) is 7.55. The molecule has 0 bridgehead atoms. The van der Waals surface area contributed by atoms with Crippen molar-refractivity contribution in [2.24, 2.45) is 0 Å². The second-order valence-electron chi connectivity index (χ2n) is 5.00. The van der Waals surface area contributed by atoms with Crippen LogP contribution in [0.25, 0.3) is 0 Å². The maximum absolute atomic E-state index is 12.6. The van der Waals surface area contributed by atoms with Crippen molar-refractivity contribution in [2.45, 2.75) is 6.54 Å². The lowest BCUT2D eigenvalue weighted by Crippen LogP contribution is -2.27. The van der Waals surface area contributed by atoms with Crippen molar-refractivity contribution in [3.63, 3.8) is 0 Å². The minimum atomic E-state index is -0.232. The second-order valence-corrected chi connectivity index (χ2v) is 5.35. The van der Waals surface area contributed by atoms with Gasteiger partial charge >= 0.3 is 0 Å². The maximum atomic E-state index is 12.6. The van der Waals surface area contributed by atoms with Crippen molar-refractivity contribution in [1.29, 1.82) is 0 Å². The summed E-state index contributed by atoms with van der Waals surface area (Å²) in [5, 5.41) is 0.175. The largest absolute Gasteiger partial charge is 0.493 e. The van der Waals surface area contributed by atoms with E-state index < -0.39 is 0 Å². The summed E-state index contributed by atoms with van der Waals surface area (Å²) in [5.41, 5.74) is 1.13. The van der Waals surface area contributed by atoms with Crippen LogP contribution in [0.4, 0.5) is 0 Å². The van der Waals surface area contributed by atoms with Gasteiger partial charge in [-0.2, -0.15) is 0 Å². The predicted molar refractivity (Wildman–Crippen MR) is 91.1 cm³/mol. The minimum absolute atomic E-state index is 0.175. The molecule has 0 aliphatic rings. The highest BCUT2D eigenvalue weighted by Crippen LogP contribution is 2.40. The summed E-state index contributed by atoms with van der Waals surface area (Å²) in [7, 11) is 6.31. The molecule has 0 aliphatic carbocycles. The summed E-state index contributed by atoms with van der Waals surface area (Å²) in [6.45, 7) is 0.313. The summed E-state index contributed by atoms with van der Waals surface area (Å²) in [5.74, 6) is 1.33. The van der Waals surface area contributed by atoms with Gasteiger partial charge in [0.25, 0.3) is 5.91 Å². The Kier molecular flexibility index (Phi) is 5.87. The highest BCUT2D eigenvalue weighted by atomic mass is 35.5. The van der Waals surface area contributed by atoms with Crippen LogP contribution in [0.15, 0.2) is 30.5 Å². The van der Waals surface area contributed by atoms with E-state index in [1.54, 1.807) is 39.5 Å². The molecule has 0 spiro atoms. The molecule has 0 aliphatic heterocycles. The molecule has 0 unspecified atom stereocenters. The van der Waals surface area contributed by atoms with Gasteiger partial charge in [0.15, 0.2) is 11.5 Å². The summed E-state index contributed by atoms with van der Waals surface area (Å²) in [6, 6.07) is 6.91. The number of aromatic nitrogens is 1. The molecule has 7 heteroatoms. The molecule has 0 fully saturated rings. The standard InChI is InChI=1S/C17H19ClN2O4/c1-20(17(21)12-6-5-9-19-16(12)18)10-11-7-8-13(22-2)15(24-4)14(11)23-3/h5-9H,10H2,1-4H3. The first kappa shape index (κ1) is 17.9. The third-order valence-electron chi connectivity index (χ3n) is 3.53. The fourth-order valence-corrected chi connectivity index (χ4v) is 2.57. The normalized spacial score (nSPS) is 10.2. The van der Waals surface area contributed by atoms with Crippen LogP contribution in [0, 0.1) is 0 Å². The summed E-state index contributed by atoms with van der Waals surface area (Å²) >= 11 is 5.99. The summed E-state index contributed by atoms with van der Waals surface area (Å²) < 4.78 is 16.1. The van der Waals surface area contributed by atoms with Gasteiger partial charge in [-0.25, -0.2) is 4.98 Å². The van der Waals surface area contributed by atoms with Gasteiger partial charge in [0.2, 0.25) is 5.75 Å². The van der Waals surface area contributed by atoms with Crippen molar-refractivity contribution >= 4 is 17.5 Å². The van der Waals surface area contributed by atoms with Crippen molar-refractivity contribution < 1.29 is 19.0 Å². The van der Waals surface area contributed by atoms with Crippen molar-refractivity contribution in [2.75, 3.05) is 28.4 Å². The summed E-state index contributed by atoms with van der Waals surface area (Å²) in [6.07, 6.45) is 1.54. The molecule has 0 radical (unpaired) electrons. The molecule has 0 saturated heterocycles. The fourth-order valence-electron chi connectivity index (χ4n) is 2.37. The van der Waals surface area contributed by atoms with Crippen LogP contribution in [0.2, 0.25) is 5.15 Å². The Hall–Kier alpha value is -2.47. The van der Waals surface area contributed by atoms with Crippen LogP contribution >= 0.6 is 11.6 Å². The van der Waals surface area contributed by atoms with Gasteiger partial charge < -0.3 is 19.1 Å². The lowest BCUT2D eigenvalue weighted by atomic mass is 10.1. The average molecular weight is 351 g/mol. The van der Waals surface area contributed by atoms with Crippen molar-refractivity contribution in [3.8, 4) is 17.2 Å². The Labute approximate surface area is 145 Å². The van der Waals surface area contributed by atoms with Crippen LogP contribution in [-0.2, 0) is 6.54 Å². The molecule has 1 amide bonds. The quantitative estimate of drug-likeness (QED) is 0.749. The topological polar surface area (TPSA) is 60.9 Å². The van der Waals surface area contributed by atoms with Gasteiger partial charge in [0, 0.05) is 25.4 Å². The predicted octanol–water partition coefficient (Wildman–Crippen LogP) is 3.03. The van der Waals surface area contributed by atoms with Crippen LogP contribution in [0.1, 0.15) is 15.9 Å². The number of benzene rings is 1. The van der Waals surface area contributed by atoms with E-state index in [0.717, 1.165) is 5.56 Å². The van der Waals surface area contributed by atoms with E-state index in [2.05, 4.69) is 4.98 Å². The first-order chi connectivity index (χ1) is 11.5. The zero-order chi connectivity index (χ0) is 17.7. The lowest BCUT2D eigenvalue weighted by Gasteiger charge is -2.21. The molecule has 1 aromatic heterocycles. The third kappa shape index (κ3) is 3.54. The zero-order valence-electron chi connectivity index (χ0n) is 14.0. The Morgan fingerprint density at radius 2 is 1.83 bits per heavy atom. The molecule has 1 aromatic carbocycles. The van der Waals surface area contributed by atoms with Gasteiger partial charge in [0.05, 0.1) is 26.9 Å². The Balaban J connectivity index is 2.30. The molecule has 0 N–H and O–H groups in total. The molecule has 24 heavy (non-hydrogen) atoms. The maximum Gasteiger partial charge on any atom is 0.257 e. The number of hydrogen-bond donors (Lipinski definition) is 0. The lowest BCUT2D eigenvalue weighted by molar-refractivity contribution is 0.0783. The first-order valence-electron chi connectivity index (χ1n) is 7.17. The molecule has 1 heterocycles. The second kappa shape index (κ2) is 7.88. The number of halogens is 1. The number of methoxy groups -OCH3 is 3. The number of carbonyl (C=O) groups excluding carboxylic acids is 1. The van der Waals surface area contributed by atoms with E-state index in [0.29, 0.717) is 29.4 Å². The van der Waals surface area contributed by atoms with E-state index in [1.807, 2.05) is 6.07 Å². The average Bonchev–Trinajstić information content (AvgIpc) is 2.60. The van der Waals surface area contributed by atoms with E-state index in [-0.39, 0.29) is 11.1 Å². The zero-order valence-corrected chi connectivity index (χ0v) is 14.8. The van der Waals surface area contributed by atoms with Gasteiger partial charge in [-0.3, -0.25) is 4.79 Å². The molecule has 6 nitrogen and oxygen atoms in total. The third-order valence-corrected chi connectivity index (χ3v) is 3.83. The Morgan fingerprint density at radius 1 is 1.12 bits per heavy atom. The Bertz CT molecular complexity index is 737. The fraction of sp³-hybridized carbons (Fsp3) is 0.294. The number of ether oxygens (including phenoxy) is 3. The number of hydrogen-bond acceptors (Lipinski definition) is 5. The van der Waals surface area contributed by atoms with Crippen LogP contribution in [0.5, 0.6) is 17.2 Å². The number of rotatable bonds is 6. The smallest absolute Gasteiger partial charge is 0.257 e. The number of nitrogens with zero attached hydrogens (tertiary/aromatic N) is 2. The summed E-state index contributed by atoms with van der Waals surface area (Å²) in [4.78, 5) is 18.0. The SMILES string of the molecule is COc1ccc(CN(C)C(=O)c2cccnc2Cl)c(OC)c1OC. The van der Waals surface area contributed by atoms with Crippen LogP contribution in [0.3, 0.4) is 0 Å². The molecule has 128 valence electrons. The minimum Gasteiger partial charge on any atom is -0.493 e. The highest BCUT2D eigenvalue weighted by molar-refractivity contribution is 6.32. The monoisotopic (exact) mass is 350 g/mol. The molecule has 2 aromatic rings. The van der Waals surface area contributed by atoms with Gasteiger partial charge in [0.1, 0.15) is 5.15 Å². The number of carbonyl (C=O) groups is 1. The number of pyridine rings is 1. The molecule has 0 atom stereocenters. The van der Waals surface area contributed by atoms with Gasteiger partial charge in [-0.15, -0.1) is 0 Å².